The van der Waals surface area contributed by atoms with E-state index in [0.717, 1.165) is 40.1 Å². The molecule has 0 unspecified atom stereocenters. The Morgan fingerprint density at radius 3 is 2.38 bits per heavy atom. The summed E-state index contributed by atoms with van der Waals surface area (Å²) < 4.78 is 5.38. The van der Waals surface area contributed by atoms with E-state index in [4.69, 9.17) is 15.5 Å². The second-order valence-corrected chi connectivity index (χ2v) is 8.32. The first-order valence-electron chi connectivity index (χ1n) is 10.5. The topological polar surface area (TPSA) is 68.5 Å². The van der Waals surface area contributed by atoms with Crippen molar-refractivity contribution in [3.05, 3.63) is 52.3 Å². The summed E-state index contributed by atoms with van der Waals surface area (Å²) in [5.74, 6) is 0.582. The van der Waals surface area contributed by atoms with Crippen LogP contribution in [0.4, 0.5) is 0 Å². The minimum atomic E-state index is 0.120. The van der Waals surface area contributed by atoms with Gasteiger partial charge in [0.2, 0.25) is 5.91 Å². The Bertz CT molecular complexity index is 853. The van der Waals surface area contributed by atoms with Crippen molar-refractivity contribution in [3.63, 3.8) is 0 Å². The predicted octanol–water partition coefficient (Wildman–Crippen LogP) is 3.42. The third-order valence-electron chi connectivity index (χ3n) is 5.56. The van der Waals surface area contributed by atoms with E-state index in [0.29, 0.717) is 45.2 Å². The van der Waals surface area contributed by atoms with Crippen molar-refractivity contribution >= 4 is 5.91 Å². The molecule has 5 nitrogen and oxygen atoms in total. The molecule has 29 heavy (non-hydrogen) atoms. The smallest absolute Gasteiger partial charge is 0.228 e. The van der Waals surface area contributed by atoms with Crippen LogP contribution in [0.25, 0.3) is 11.1 Å². The number of amides is 1. The van der Waals surface area contributed by atoms with Crippen molar-refractivity contribution in [2.24, 2.45) is 11.7 Å². The second kappa shape index (κ2) is 9.51. The van der Waals surface area contributed by atoms with Gasteiger partial charge in [-0.3, -0.25) is 9.78 Å². The molecule has 1 aromatic carbocycles. The number of rotatable bonds is 6. The molecular formula is C24H33N3O2. The third kappa shape index (κ3) is 5.03. The number of morpholine rings is 1. The number of hydrogen-bond donors (Lipinski definition) is 1. The number of hydrogen-bond acceptors (Lipinski definition) is 4. The molecule has 0 atom stereocenters. The van der Waals surface area contributed by atoms with Gasteiger partial charge >= 0.3 is 0 Å². The van der Waals surface area contributed by atoms with Crippen LogP contribution in [0.2, 0.25) is 0 Å². The van der Waals surface area contributed by atoms with Crippen molar-refractivity contribution in [3.8, 4) is 11.1 Å². The highest BCUT2D eigenvalue weighted by Gasteiger charge is 2.23. The van der Waals surface area contributed by atoms with E-state index in [1.165, 1.54) is 5.56 Å². The molecule has 2 N–H and O–H groups in total. The first-order valence-corrected chi connectivity index (χ1v) is 10.5. The summed E-state index contributed by atoms with van der Waals surface area (Å²) in [6.07, 6.45) is 1.17. The SMILES string of the molecule is Cc1ccc(-c2c(C)c(CC(=O)N3CCOCC3)nc(CC(C)C)c2CN)cc1. The standard InChI is InChI=1S/C24H33N3O2/c1-16(2)13-22-20(15-25)24(19-7-5-17(3)6-8-19)18(4)21(26-22)14-23(28)27-9-11-29-12-10-27/h5-8,16H,9-15,25H2,1-4H3. The van der Waals surface area contributed by atoms with Crippen molar-refractivity contribution in [2.75, 3.05) is 26.3 Å². The summed E-state index contributed by atoms with van der Waals surface area (Å²) in [5.41, 5.74) is 13.8. The lowest BCUT2D eigenvalue weighted by molar-refractivity contribution is -0.134. The maximum Gasteiger partial charge on any atom is 0.228 e. The summed E-state index contributed by atoms with van der Waals surface area (Å²) in [4.78, 5) is 19.8. The van der Waals surface area contributed by atoms with E-state index in [2.05, 4.69) is 52.0 Å². The van der Waals surface area contributed by atoms with Crippen molar-refractivity contribution < 1.29 is 9.53 Å². The van der Waals surface area contributed by atoms with Crippen LogP contribution in [-0.2, 0) is 28.9 Å². The van der Waals surface area contributed by atoms with Gasteiger partial charge in [-0.15, -0.1) is 0 Å². The summed E-state index contributed by atoms with van der Waals surface area (Å²) in [6, 6.07) is 8.53. The van der Waals surface area contributed by atoms with Gasteiger partial charge in [0.1, 0.15) is 0 Å². The summed E-state index contributed by atoms with van der Waals surface area (Å²) in [5, 5.41) is 0. The zero-order valence-electron chi connectivity index (χ0n) is 18.1. The predicted molar refractivity (Wildman–Crippen MR) is 117 cm³/mol. The molecule has 0 bridgehead atoms. The Labute approximate surface area is 174 Å². The van der Waals surface area contributed by atoms with Crippen molar-refractivity contribution in [1.82, 2.24) is 9.88 Å². The van der Waals surface area contributed by atoms with E-state index in [9.17, 15) is 4.79 Å². The normalized spacial score (nSPS) is 14.5. The highest BCUT2D eigenvalue weighted by molar-refractivity contribution is 5.81. The molecule has 0 radical (unpaired) electrons. The van der Waals surface area contributed by atoms with Gasteiger partial charge in [0.05, 0.1) is 25.3 Å². The molecule has 0 saturated carbocycles. The first-order chi connectivity index (χ1) is 13.9. The first kappa shape index (κ1) is 21.5. The van der Waals surface area contributed by atoms with E-state index in [1.54, 1.807) is 0 Å². The molecule has 1 aliphatic heterocycles. The van der Waals surface area contributed by atoms with Crippen molar-refractivity contribution in [2.45, 2.75) is 47.1 Å². The van der Waals surface area contributed by atoms with Crippen LogP contribution in [0.15, 0.2) is 24.3 Å². The fourth-order valence-corrected chi connectivity index (χ4v) is 3.96. The summed E-state index contributed by atoms with van der Waals surface area (Å²) in [6.45, 7) is 11.5. The Balaban J connectivity index is 2.06. The highest BCUT2D eigenvalue weighted by Crippen LogP contribution is 2.32. The molecule has 1 amide bonds. The van der Waals surface area contributed by atoms with Gasteiger partial charge in [-0.2, -0.15) is 0 Å². The molecule has 1 fully saturated rings. The van der Waals surface area contributed by atoms with Crippen LogP contribution in [0.1, 0.15) is 41.9 Å². The minimum Gasteiger partial charge on any atom is -0.378 e. The van der Waals surface area contributed by atoms with Gasteiger partial charge in [-0.05, 0) is 48.4 Å². The van der Waals surface area contributed by atoms with Crippen LogP contribution in [0.5, 0.6) is 0 Å². The third-order valence-corrected chi connectivity index (χ3v) is 5.56. The zero-order chi connectivity index (χ0) is 21.0. The number of nitrogens with zero attached hydrogens (tertiary/aromatic N) is 2. The van der Waals surface area contributed by atoms with Gasteiger partial charge in [0.15, 0.2) is 0 Å². The fourth-order valence-electron chi connectivity index (χ4n) is 3.96. The van der Waals surface area contributed by atoms with Gasteiger partial charge < -0.3 is 15.4 Å². The molecule has 3 rings (SSSR count). The summed E-state index contributed by atoms with van der Waals surface area (Å²) in [7, 11) is 0. The number of ether oxygens (including phenoxy) is 1. The molecular weight excluding hydrogens is 362 g/mol. The quantitative estimate of drug-likeness (QED) is 0.814. The Morgan fingerprint density at radius 2 is 1.79 bits per heavy atom. The number of carbonyl (C=O) groups is 1. The van der Waals surface area contributed by atoms with Gasteiger partial charge in [-0.1, -0.05) is 43.7 Å². The van der Waals surface area contributed by atoms with E-state index < -0.39 is 0 Å². The fraction of sp³-hybridized carbons (Fsp3) is 0.500. The lowest BCUT2D eigenvalue weighted by atomic mass is 9.89. The molecule has 1 aliphatic rings. The number of carbonyl (C=O) groups excluding carboxylic acids is 1. The van der Waals surface area contributed by atoms with Crippen LogP contribution in [0, 0.1) is 19.8 Å². The van der Waals surface area contributed by atoms with Crippen LogP contribution >= 0.6 is 0 Å². The van der Waals surface area contributed by atoms with Gasteiger partial charge in [0.25, 0.3) is 0 Å². The van der Waals surface area contributed by atoms with Gasteiger partial charge in [0, 0.05) is 25.3 Å². The Hall–Kier alpha value is -2.24. The average molecular weight is 396 g/mol. The molecule has 5 heteroatoms. The van der Waals surface area contributed by atoms with Gasteiger partial charge in [-0.25, -0.2) is 0 Å². The number of pyridine rings is 1. The Kier molecular flexibility index (Phi) is 7.04. The largest absolute Gasteiger partial charge is 0.378 e. The summed E-state index contributed by atoms with van der Waals surface area (Å²) >= 11 is 0. The van der Waals surface area contributed by atoms with Crippen LogP contribution in [-0.4, -0.2) is 42.1 Å². The van der Waals surface area contributed by atoms with Crippen LogP contribution < -0.4 is 5.73 Å². The number of aryl methyl sites for hydroxylation is 1. The number of nitrogens with two attached hydrogens (primary N) is 1. The molecule has 0 aliphatic carbocycles. The lowest BCUT2D eigenvalue weighted by Gasteiger charge is -2.27. The highest BCUT2D eigenvalue weighted by atomic mass is 16.5. The Morgan fingerprint density at radius 1 is 1.14 bits per heavy atom. The zero-order valence-corrected chi connectivity index (χ0v) is 18.1. The molecule has 1 aromatic heterocycles. The van der Waals surface area contributed by atoms with E-state index in [1.807, 2.05) is 4.90 Å². The maximum atomic E-state index is 12.9. The second-order valence-electron chi connectivity index (χ2n) is 8.32. The molecule has 156 valence electrons. The monoisotopic (exact) mass is 395 g/mol. The molecule has 2 heterocycles. The maximum absolute atomic E-state index is 12.9. The molecule has 1 saturated heterocycles. The van der Waals surface area contributed by atoms with E-state index >= 15 is 0 Å². The van der Waals surface area contributed by atoms with Crippen LogP contribution in [0.3, 0.4) is 0 Å². The molecule has 2 aromatic rings. The number of benzene rings is 1. The lowest BCUT2D eigenvalue weighted by Crippen LogP contribution is -2.41. The average Bonchev–Trinajstić information content (AvgIpc) is 2.71. The number of aromatic nitrogens is 1. The van der Waals surface area contributed by atoms with Crippen molar-refractivity contribution in [1.29, 1.82) is 0 Å². The van der Waals surface area contributed by atoms with E-state index in [-0.39, 0.29) is 5.91 Å². The minimum absolute atomic E-state index is 0.120. The molecule has 0 spiro atoms.